The molecule has 126 valence electrons. The van der Waals surface area contributed by atoms with Crippen molar-refractivity contribution in [3.8, 4) is 5.75 Å². The predicted molar refractivity (Wildman–Crippen MR) is 82.7 cm³/mol. The summed E-state index contributed by atoms with van der Waals surface area (Å²) in [5, 5.41) is 8.76. The molecule has 6 heteroatoms. The second-order valence-corrected chi connectivity index (χ2v) is 5.94. The number of nitrogens with zero attached hydrogens (tertiary/aromatic N) is 1. The number of aliphatic carboxylic acids is 1. The van der Waals surface area contributed by atoms with Gasteiger partial charge >= 0.3 is 5.97 Å². The molecule has 5 nitrogen and oxygen atoms in total. The minimum Gasteiger partial charge on any atom is -0.481 e. The van der Waals surface area contributed by atoms with Gasteiger partial charge < -0.3 is 14.7 Å². The maximum Gasteiger partial charge on any atom is 0.303 e. The van der Waals surface area contributed by atoms with Gasteiger partial charge in [0.15, 0.2) is 6.10 Å². The van der Waals surface area contributed by atoms with Gasteiger partial charge in [0.2, 0.25) is 0 Å². The Kier molecular flexibility index (Phi) is 5.96. The molecule has 23 heavy (non-hydrogen) atoms. The summed E-state index contributed by atoms with van der Waals surface area (Å²) in [4.78, 5) is 24.8. The fourth-order valence-corrected chi connectivity index (χ4v) is 2.88. The van der Waals surface area contributed by atoms with Crippen molar-refractivity contribution in [1.29, 1.82) is 0 Å². The van der Waals surface area contributed by atoms with E-state index in [1.54, 1.807) is 17.9 Å². The van der Waals surface area contributed by atoms with Crippen LogP contribution in [0.1, 0.15) is 32.6 Å². The SMILES string of the molecule is CC(Oc1cccc(F)c1)C(=O)N1CCCC(CCC(=O)O)C1. The lowest BCUT2D eigenvalue weighted by molar-refractivity contribution is -0.140. The van der Waals surface area contributed by atoms with Crippen LogP contribution in [0.15, 0.2) is 24.3 Å². The summed E-state index contributed by atoms with van der Waals surface area (Å²) in [5.41, 5.74) is 0. The highest BCUT2D eigenvalue weighted by molar-refractivity contribution is 5.81. The number of ether oxygens (including phenoxy) is 1. The molecule has 1 heterocycles. The van der Waals surface area contributed by atoms with Crippen molar-refractivity contribution >= 4 is 11.9 Å². The van der Waals surface area contributed by atoms with Gasteiger partial charge in [-0.15, -0.1) is 0 Å². The number of piperidine rings is 1. The van der Waals surface area contributed by atoms with E-state index in [4.69, 9.17) is 9.84 Å². The molecule has 1 N–H and O–H groups in total. The molecule has 1 fully saturated rings. The van der Waals surface area contributed by atoms with E-state index in [0.29, 0.717) is 25.3 Å². The second kappa shape index (κ2) is 7.94. The standard InChI is InChI=1S/C17H22FNO4/c1-12(23-15-6-2-5-14(18)10-15)17(22)19-9-3-4-13(11-19)7-8-16(20)21/h2,5-6,10,12-13H,3-4,7-9,11H2,1H3,(H,20,21). The fourth-order valence-electron chi connectivity index (χ4n) is 2.88. The van der Waals surface area contributed by atoms with Gasteiger partial charge in [0.1, 0.15) is 11.6 Å². The highest BCUT2D eigenvalue weighted by Crippen LogP contribution is 2.22. The Labute approximate surface area is 135 Å². The fraction of sp³-hybridized carbons (Fsp3) is 0.529. The molecular formula is C17H22FNO4. The van der Waals surface area contributed by atoms with Crippen LogP contribution in [-0.4, -0.2) is 41.1 Å². The normalized spacial score (nSPS) is 19.2. The van der Waals surface area contributed by atoms with Crippen molar-refractivity contribution in [2.75, 3.05) is 13.1 Å². The van der Waals surface area contributed by atoms with E-state index < -0.39 is 17.9 Å². The number of carboxylic acids is 1. The number of hydrogen-bond donors (Lipinski definition) is 1. The average Bonchev–Trinajstić information content (AvgIpc) is 2.52. The van der Waals surface area contributed by atoms with E-state index in [0.717, 1.165) is 12.8 Å². The molecule has 1 aliphatic heterocycles. The van der Waals surface area contributed by atoms with Crippen LogP contribution < -0.4 is 4.74 Å². The average molecular weight is 323 g/mol. The Morgan fingerprint density at radius 2 is 2.26 bits per heavy atom. The summed E-state index contributed by atoms with van der Waals surface area (Å²) in [5.74, 6) is -0.824. The molecule has 1 aromatic rings. The Bertz CT molecular complexity index is 563. The number of amides is 1. The summed E-state index contributed by atoms with van der Waals surface area (Å²) in [6.07, 6.45) is 1.81. The van der Waals surface area contributed by atoms with E-state index in [-0.39, 0.29) is 18.2 Å². The van der Waals surface area contributed by atoms with Crippen molar-refractivity contribution in [3.05, 3.63) is 30.1 Å². The lowest BCUT2D eigenvalue weighted by Gasteiger charge is -2.34. The summed E-state index contributed by atoms with van der Waals surface area (Å²) < 4.78 is 18.7. The van der Waals surface area contributed by atoms with E-state index in [1.165, 1.54) is 18.2 Å². The largest absolute Gasteiger partial charge is 0.481 e. The third-order valence-corrected chi connectivity index (χ3v) is 4.05. The highest BCUT2D eigenvalue weighted by Gasteiger charge is 2.28. The minimum atomic E-state index is -0.809. The van der Waals surface area contributed by atoms with E-state index in [2.05, 4.69) is 0 Å². The Morgan fingerprint density at radius 1 is 1.48 bits per heavy atom. The van der Waals surface area contributed by atoms with Gasteiger partial charge in [-0.3, -0.25) is 9.59 Å². The van der Waals surface area contributed by atoms with Crippen molar-refractivity contribution < 1.29 is 23.8 Å². The van der Waals surface area contributed by atoms with E-state index in [9.17, 15) is 14.0 Å². The first-order chi connectivity index (χ1) is 11.0. The quantitative estimate of drug-likeness (QED) is 0.874. The summed E-state index contributed by atoms with van der Waals surface area (Å²) in [6, 6.07) is 5.70. The smallest absolute Gasteiger partial charge is 0.303 e. The first kappa shape index (κ1) is 17.2. The Balaban J connectivity index is 1.89. The van der Waals surface area contributed by atoms with Gasteiger partial charge in [-0.25, -0.2) is 4.39 Å². The molecule has 2 atom stereocenters. The number of hydrogen-bond acceptors (Lipinski definition) is 3. The monoisotopic (exact) mass is 323 g/mol. The number of carbonyl (C=O) groups is 2. The molecule has 0 radical (unpaired) electrons. The van der Waals surface area contributed by atoms with Crippen LogP contribution in [0.4, 0.5) is 4.39 Å². The molecule has 1 saturated heterocycles. The summed E-state index contributed by atoms with van der Waals surface area (Å²) >= 11 is 0. The molecule has 0 aromatic heterocycles. The van der Waals surface area contributed by atoms with Crippen molar-refractivity contribution in [2.24, 2.45) is 5.92 Å². The van der Waals surface area contributed by atoms with Crippen LogP contribution in [0.2, 0.25) is 0 Å². The molecule has 1 amide bonds. The van der Waals surface area contributed by atoms with Gasteiger partial charge in [-0.2, -0.15) is 0 Å². The van der Waals surface area contributed by atoms with Crippen LogP contribution in [0.25, 0.3) is 0 Å². The van der Waals surface area contributed by atoms with Crippen LogP contribution in [0.5, 0.6) is 5.75 Å². The molecule has 0 bridgehead atoms. The molecule has 1 aromatic carbocycles. The number of halogens is 1. The second-order valence-electron chi connectivity index (χ2n) is 5.94. The molecule has 2 rings (SSSR count). The molecule has 0 saturated carbocycles. The summed E-state index contributed by atoms with van der Waals surface area (Å²) in [7, 11) is 0. The van der Waals surface area contributed by atoms with Crippen LogP contribution in [-0.2, 0) is 9.59 Å². The highest BCUT2D eigenvalue weighted by atomic mass is 19.1. The summed E-state index contributed by atoms with van der Waals surface area (Å²) in [6.45, 7) is 2.86. The molecule has 1 aliphatic rings. The maximum absolute atomic E-state index is 13.2. The third kappa shape index (κ3) is 5.23. The Hall–Kier alpha value is -2.11. The maximum atomic E-state index is 13.2. The van der Waals surface area contributed by atoms with Crippen molar-refractivity contribution in [3.63, 3.8) is 0 Å². The zero-order valence-corrected chi connectivity index (χ0v) is 13.2. The topological polar surface area (TPSA) is 66.8 Å². The molecule has 2 unspecified atom stereocenters. The van der Waals surface area contributed by atoms with Crippen molar-refractivity contribution in [2.45, 2.75) is 38.7 Å². The van der Waals surface area contributed by atoms with E-state index in [1.807, 2.05) is 0 Å². The van der Waals surface area contributed by atoms with Gasteiger partial charge in [0.05, 0.1) is 0 Å². The Morgan fingerprint density at radius 3 is 2.96 bits per heavy atom. The van der Waals surface area contributed by atoms with E-state index >= 15 is 0 Å². The lowest BCUT2D eigenvalue weighted by Crippen LogP contribution is -2.45. The van der Waals surface area contributed by atoms with Crippen LogP contribution >= 0.6 is 0 Å². The zero-order chi connectivity index (χ0) is 16.8. The number of benzene rings is 1. The third-order valence-electron chi connectivity index (χ3n) is 4.05. The number of carbonyl (C=O) groups excluding carboxylic acids is 1. The first-order valence-corrected chi connectivity index (χ1v) is 7.88. The molecule has 0 aliphatic carbocycles. The zero-order valence-electron chi connectivity index (χ0n) is 13.2. The van der Waals surface area contributed by atoms with Gasteiger partial charge in [-0.05, 0) is 44.2 Å². The number of carboxylic acid groups (broad SMARTS) is 1. The molecule has 0 spiro atoms. The minimum absolute atomic E-state index is 0.127. The first-order valence-electron chi connectivity index (χ1n) is 7.88. The van der Waals surface area contributed by atoms with Gasteiger partial charge in [0, 0.05) is 25.6 Å². The number of likely N-dealkylation sites (tertiary alicyclic amines) is 1. The van der Waals surface area contributed by atoms with Crippen LogP contribution in [0.3, 0.4) is 0 Å². The van der Waals surface area contributed by atoms with Gasteiger partial charge in [0.25, 0.3) is 5.91 Å². The van der Waals surface area contributed by atoms with Crippen molar-refractivity contribution in [1.82, 2.24) is 4.90 Å². The van der Waals surface area contributed by atoms with Crippen LogP contribution in [0, 0.1) is 11.7 Å². The molecular weight excluding hydrogens is 301 g/mol. The number of rotatable bonds is 6. The predicted octanol–water partition coefficient (Wildman–Crippen LogP) is 2.70. The lowest BCUT2D eigenvalue weighted by atomic mass is 9.93. The van der Waals surface area contributed by atoms with Gasteiger partial charge in [-0.1, -0.05) is 6.07 Å².